The average Bonchev–Trinajstić information content (AvgIpc) is 2.36. The molecule has 0 unspecified atom stereocenters. The molecule has 0 aliphatic rings. The molecule has 0 fully saturated rings. The highest BCUT2D eigenvalue weighted by Gasteiger charge is 2.07. The van der Waals surface area contributed by atoms with E-state index in [9.17, 15) is 4.79 Å². The topological polar surface area (TPSA) is 68.1 Å². The second-order valence-electron chi connectivity index (χ2n) is 1.99. The van der Waals surface area contributed by atoms with Crippen molar-refractivity contribution >= 4 is 18.2 Å². The fraction of sp³-hybridized carbons (Fsp3) is 0.500. The van der Waals surface area contributed by atoms with E-state index in [1.54, 1.807) is 6.92 Å². The lowest BCUT2D eigenvalue weighted by Crippen LogP contribution is -2.07. The highest BCUT2D eigenvalue weighted by atomic mass is 32.1. The first-order chi connectivity index (χ1) is 5.72. The summed E-state index contributed by atoms with van der Waals surface area (Å²) < 4.78 is 9.52. The van der Waals surface area contributed by atoms with Gasteiger partial charge in [0.05, 0.1) is 6.61 Å². The summed E-state index contributed by atoms with van der Waals surface area (Å²) in [4.78, 5) is 11.0. The van der Waals surface area contributed by atoms with Gasteiger partial charge in [-0.15, -0.1) is 5.10 Å². The Kier molecular flexibility index (Phi) is 2.98. The number of H-pyrrole nitrogens is 1. The number of rotatable bonds is 3. The van der Waals surface area contributed by atoms with Crippen LogP contribution in [0.25, 0.3) is 0 Å². The summed E-state index contributed by atoms with van der Waals surface area (Å²) in [6.07, 6.45) is 0.0149. The normalized spacial score (nSPS) is 9.75. The van der Waals surface area contributed by atoms with E-state index >= 15 is 0 Å². The Bertz CT molecular complexity index is 317. The third-order valence-electron chi connectivity index (χ3n) is 1.08. The van der Waals surface area contributed by atoms with Crippen LogP contribution in [0, 0.1) is 4.84 Å². The van der Waals surface area contributed by atoms with Crippen LogP contribution in [0.5, 0.6) is 0 Å². The first-order valence-electron chi connectivity index (χ1n) is 3.42. The number of hydrogen-bond acceptors (Lipinski definition) is 5. The molecule has 0 aliphatic carbocycles. The van der Waals surface area contributed by atoms with Crippen molar-refractivity contribution < 1.29 is 13.9 Å². The van der Waals surface area contributed by atoms with Gasteiger partial charge in [0.25, 0.3) is 4.84 Å². The molecule has 1 N–H and O–H groups in total. The van der Waals surface area contributed by atoms with E-state index in [4.69, 9.17) is 4.42 Å². The van der Waals surface area contributed by atoms with Crippen LogP contribution in [0.1, 0.15) is 12.8 Å². The highest BCUT2D eigenvalue weighted by molar-refractivity contribution is 7.71. The largest absolute Gasteiger partial charge is 0.466 e. The molecule has 0 spiro atoms. The van der Waals surface area contributed by atoms with E-state index < -0.39 is 0 Å². The minimum Gasteiger partial charge on any atom is -0.466 e. The van der Waals surface area contributed by atoms with Gasteiger partial charge in [0.2, 0.25) is 5.89 Å². The molecule has 0 saturated heterocycles. The third-order valence-corrected chi connectivity index (χ3v) is 1.26. The zero-order chi connectivity index (χ0) is 8.97. The van der Waals surface area contributed by atoms with Crippen LogP contribution in [-0.2, 0) is 16.0 Å². The lowest BCUT2D eigenvalue weighted by Gasteiger charge is -1.96. The van der Waals surface area contributed by atoms with Gasteiger partial charge in [-0.1, -0.05) is 0 Å². The van der Waals surface area contributed by atoms with Crippen LogP contribution >= 0.6 is 12.2 Å². The van der Waals surface area contributed by atoms with Crippen molar-refractivity contribution in [2.75, 3.05) is 6.61 Å². The van der Waals surface area contributed by atoms with E-state index in [-0.39, 0.29) is 23.1 Å². The zero-order valence-electron chi connectivity index (χ0n) is 6.49. The smallest absolute Gasteiger partial charge is 0.315 e. The summed E-state index contributed by atoms with van der Waals surface area (Å²) in [6, 6.07) is 0. The molecule has 0 atom stereocenters. The van der Waals surface area contributed by atoms with Crippen molar-refractivity contribution in [3.05, 3.63) is 10.7 Å². The van der Waals surface area contributed by atoms with Crippen LogP contribution in [0.3, 0.4) is 0 Å². The van der Waals surface area contributed by atoms with Gasteiger partial charge in [-0.2, -0.15) is 0 Å². The molecule has 1 heterocycles. The number of aromatic nitrogens is 2. The summed E-state index contributed by atoms with van der Waals surface area (Å²) in [5, 5.41) is 6.05. The van der Waals surface area contributed by atoms with E-state index in [1.807, 2.05) is 0 Å². The first-order valence-corrected chi connectivity index (χ1v) is 3.83. The zero-order valence-corrected chi connectivity index (χ0v) is 7.31. The average molecular weight is 188 g/mol. The van der Waals surface area contributed by atoms with Gasteiger partial charge >= 0.3 is 5.97 Å². The van der Waals surface area contributed by atoms with Crippen molar-refractivity contribution in [3.8, 4) is 0 Å². The Balaban J connectivity index is 2.52. The molecule has 0 amide bonds. The third kappa shape index (κ3) is 2.46. The number of aromatic amines is 1. The molecule has 0 aliphatic heterocycles. The number of hydrogen-bond donors (Lipinski definition) is 1. The molecule has 0 bridgehead atoms. The molecular formula is C6H8N2O3S. The molecule has 0 saturated carbocycles. The van der Waals surface area contributed by atoms with Crippen molar-refractivity contribution in [2.45, 2.75) is 13.3 Å². The van der Waals surface area contributed by atoms with Crippen molar-refractivity contribution in [1.82, 2.24) is 10.2 Å². The maximum Gasteiger partial charge on any atom is 0.315 e. The summed E-state index contributed by atoms with van der Waals surface area (Å²) in [7, 11) is 0. The highest BCUT2D eigenvalue weighted by Crippen LogP contribution is 1.96. The molecule has 1 aromatic heterocycles. The van der Waals surface area contributed by atoms with E-state index in [2.05, 4.69) is 27.2 Å². The predicted molar refractivity (Wildman–Crippen MR) is 42.0 cm³/mol. The Labute approximate surface area is 73.7 Å². The van der Waals surface area contributed by atoms with Crippen LogP contribution in [0.4, 0.5) is 0 Å². The number of nitrogens with one attached hydrogen (secondary N) is 1. The fourth-order valence-electron chi connectivity index (χ4n) is 0.672. The molecule has 6 heteroatoms. The van der Waals surface area contributed by atoms with Gasteiger partial charge in [0, 0.05) is 0 Å². The maximum atomic E-state index is 10.9. The summed E-state index contributed by atoms with van der Waals surface area (Å²) in [6.45, 7) is 2.09. The molecule has 1 aromatic rings. The van der Waals surface area contributed by atoms with Crippen LogP contribution < -0.4 is 0 Å². The van der Waals surface area contributed by atoms with Crippen LogP contribution in [0.2, 0.25) is 0 Å². The molecule has 12 heavy (non-hydrogen) atoms. The van der Waals surface area contributed by atoms with E-state index in [0.29, 0.717) is 6.61 Å². The SMILES string of the molecule is CCOC(=O)Cc1n[nH]c(=S)o1. The van der Waals surface area contributed by atoms with Crippen LogP contribution in [-0.4, -0.2) is 22.8 Å². The minimum atomic E-state index is -0.372. The molecule has 0 aromatic carbocycles. The first kappa shape index (κ1) is 8.92. The Morgan fingerprint density at radius 2 is 2.58 bits per heavy atom. The predicted octanol–water partition coefficient (Wildman–Crippen LogP) is 0.838. The number of carbonyl (C=O) groups is 1. The lowest BCUT2D eigenvalue weighted by molar-refractivity contribution is -0.142. The van der Waals surface area contributed by atoms with Crippen molar-refractivity contribution in [3.63, 3.8) is 0 Å². The van der Waals surface area contributed by atoms with E-state index in [0.717, 1.165) is 0 Å². The Morgan fingerprint density at radius 1 is 1.83 bits per heavy atom. The van der Waals surface area contributed by atoms with Gasteiger partial charge in [-0.25, -0.2) is 5.10 Å². The van der Waals surface area contributed by atoms with Crippen LogP contribution in [0.15, 0.2) is 4.42 Å². The second-order valence-corrected chi connectivity index (χ2v) is 2.36. The number of carbonyl (C=O) groups excluding carboxylic acids is 1. The standard InChI is InChI=1S/C6H8N2O3S/c1-2-10-5(9)3-4-7-8-6(12)11-4/h2-3H2,1H3,(H,8,12). The Hall–Kier alpha value is -1.17. The fourth-order valence-corrected chi connectivity index (χ4v) is 0.814. The van der Waals surface area contributed by atoms with Gasteiger partial charge in [0.1, 0.15) is 6.42 Å². The second kappa shape index (κ2) is 4.01. The summed E-state index contributed by atoms with van der Waals surface area (Å²) in [5.74, 6) is -0.124. The monoisotopic (exact) mass is 188 g/mol. The van der Waals surface area contributed by atoms with Gasteiger partial charge in [-0.3, -0.25) is 4.79 Å². The quantitative estimate of drug-likeness (QED) is 0.562. The number of nitrogens with zero attached hydrogens (tertiary/aromatic N) is 1. The molecule has 5 nitrogen and oxygen atoms in total. The Morgan fingerprint density at radius 3 is 3.08 bits per heavy atom. The molecule has 1 rings (SSSR count). The summed E-state index contributed by atoms with van der Waals surface area (Å²) in [5.41, 5.74) is 0. The van der Waals surface area contributed by atoms with Crippen molar-refractivity contribution in [1.29, 1.82) is 0 Å². The minimum absolute atomic E-state index is 0.0149. The molecular weight excluding hydrogens is 180 g/mol. The molecule has 0 radical (unpaired) electrons. The van der Waals surface area contributed by atoms with Crippen molar-refractivity contribution in [2.24, 2.45) is 0 Å². The van der Waals surface area contributed by atoms with E-state index in [1.165, 1.54) is 0 Å². The maximum absolute atomic E-state index is 10.9. The number of esters is 1. The van der Waals surface area contributed by atoms with Gasteiger partial charge in [-0.05, 0) is 19.1 Å². The lowest BCUT2D eigenvalue weighted by atomic mass is 10.4. The molecule has 66 valence electrons. The summed E-state index contributed by atoms with van der Waals surface area (Å²) >= 11 is 4.61. The number of ether oxygens (including phenoxy) is 1. The van der Waals surface area contributed by atoms with Gasteiger partial charge < -0.3 is 9.15 Å². The van der Waals surface area contributed by atoms with Gasteiger partial charge in [0.15, 0.2) is 0 Å².